The van der Waals surface area contributed by atoms with Crippen LogP contribution >= 0.6 is 0 Å². The summed E-state index contributed by atoms with van der Waals surface area (Å²) in [6.45, 7) is 3.34. The molecule has 2 rings (SSSR count). The summed E-state index contributed by atoms with van der Waals surface area (Å²) in [5.41, 5.74) is 0. The number of carbonyl (C=O) groups excluding carboxylic acids is 2. The van der Waals surface area contributed by atoms with Gasteiger partial charge in [0.25, 0.3) is 0 Å². The zero-order chi connectivity index (χ0) is 10.1. The van der Waals surface area contributed by atoms with Crippen molar-refractivity contribution in [2.24, 2.45) is 5.92 Å². The van der Waals surface area contributed by atoms with Crippen molar-refractivity contribution in [2.45, 2.75) is 32.2 Å². The van der Waals surface area contributed by atoms with Crippen molar-refractivity contribution in [1.82, 2.24) is 10.2 Å². The fourth-order valence-electron chi connectivity index (χ4n) is 2.46. The Morgan fingerprint density at radius 1 is 1.64 bits per heavy atom. The first kappa shape index (κ1) is 9.49. The molecule has 0 radical (unpaired) electrons. The smallest absolute Gasteiger partial charge is 0.225 e. The highest BCUT2D eigenvalue weighted by atomic mass is 16.2. The Bertz CT molecular complexity index is 265. The largest absolute Gasteiger partial charge is 0.354 e. The minimum absolute atomic E-state index is 0.0549. The summed E-state index contributed by atoms with van der Waals surface area (Å²) in [6, 6.07) is 0.128. The van der Waals surface area contributed by atoms with E-state index >= 15 is 0 Å². The maximum atomic E-state index is 11.6. The number of fused-ring (bicyclic) bond motifs is 1. The molecule has 2 unspecified atom stereocenters. The van der Waals surface area contributed by atoms with E-state index in [0.29, 0.717) is 13.0 Å². The van der Waals surface area contributed by atoms with E-state index in [0.717, 1.165) is 19.4 Å². The molecule has 0 aromatic heterocycles. The van der Waals surface area contributed by atoms with Crippen molar-refractivity contribution in [3.63, 3.8) is 0 Å². The summed E-state index contributed by atoms with van der Waals surface area (Å²) in [6.07, 6.45) is 2.43. The normalized spacial score (nSPS) is 31.2. The topological polar surface area (TPSA) is 49.4 Å². The molecule has 78 valence electrons. The van der Waals surface area contributed by atoms with Crippen LogP contribution in [0.15, 0.2) is 0 Å². The van der Waals surface area contributed by atoms with Gasteiger partial charge in [0, 0.05) is 19.5 Å². The van der Waals surface area contributed by atoms with E-state index in [2.05, 4.69) is 5.32 Å². The molecule has 0 aromatic carbocycles. The maximum Gasteiger partial charge on any atom is 0.225 e. The van der Waals surface area contributed by atoms with Gasteiger partial charge in [-0.25, -0.2) is 0 Å². The average molecular weight is 196 g/mol. The Balaban J connectivity index is 2.12. The van der Waals surface area contributed by atoms with Gasteiger partial charge < -0.3 is 10.2 Å². The second kappa shape index (κ2) is 3.59. The summed E-state index contributed by atoms with van der Waals surface area (Å²) in [5, 5.41) is 2.84. The molecule has 0 spiro atoms. The molecule has 4 nitrogen and oxygen atoms in total. The zero-order valence-electron chi connectivity index (χ0n) is 8.45. The van der Waals surface area contributed by atoms with E-state index in [4.69, 9.17) is 0 Å². The highest BCUT2D eigenvalue weighted by molar-refractivity contribution is 5.84. The minimum Gasteiger partial charge on any atom is -0.354 e. The lowest BCUT2D eigenvalue weighted by Gasteiger charge is -2.35. The molecular weight excluding hydrogens is 180 g/mol. The predicted octanol–water partition coefficient (Wildman–Crippen LogP) is 0.133. The molecule has 0 aliphatic carbocycles. The van der Waals surface area contributed by atoms with E-state index in [9.17, 15) is 9.59 Å². The minimum atomic E-state index is 0.0549. The molecule has 2 saturated heterocycles. The van der Waals surface area contributed by atoms with Gasteiger partial charge in [0.05, 0.1) is 12.0 Å². The summed E-state index contributed by atoms with van der Waals surface area (Å²) in [5.74, 6) is 0.360. The molecule has 2 amide bonds. The Kier molecular flexibility index (Phi) is 2.44. The van der Waals surface area contributed by atoms with Crippen LogP contribution in [0.5, 0.6) is 0 Å². The maximum absolute atomic E-state index is 11.6. The first-order valence-electron chi connectivity index (χ1n) is 5.31. The Morgan fingerprint density at radius 2 is 2.43 bits per heavy atom. The lowest BCUT2D eigenvalue weighted by Crippen LogP contribution is -2.48. The third-order valence-corrected chi connectivity index (χ3v) is 3.22. The van der Waals surface area contributed by atoms with E-state index in [1.165, 1.54) is 0 Å². The van der Waals surface area contributed by atoms with E-state index in [1.54, 1.807) is 0 Å². The number of amides is 2. The third-order valence-electron chi connectivity index (χ3n) is 3.22. The lowest BCUT2D eigenvalue weighted by atomic mass is 9.91. The number of piperidine rings is 1. The van der Waals surface area contributed by atoms with Crippen molar-refractivity contribution in [2.75, 3.05) is 13.1 Å². The summed E-state index contributed by atoms with van der Waals surface area (Å²) in [4.78, 5) is 24.9. The number of likely N-dealkylation sites (tertiary alicyclic amines) is 1. The van der Waals surface area contributed by atoms with Crippen molar-refractivity contribution < 1.29 is 9.59 Å². The standard InChI is InChI=1S/C10H16N2O2/c1-2-9(13)12-5-3-4-7-8(12)6-11-10(7)14/h7-8H,2-6H2,1H3,(H,11,14). The zero-order valence-corrected chi connectivity index (χ0v) is 8.45. The summed E-state index contributed by atoms with van der Waals surface area (Å²) >= 11 is 0. The van der Waals surface area contributed by atoms with Crippen LogP contribution in [-0.2, 0) is 9.59 Å². The second-order valence-corrected chi connectivity index (χ2v) is 4.00. The van der Waals surface area contributed by atoms with Crippen LogP contribution in [0.4, 0.5) is 0 Å². The van der Waals surface area contributed by atoms with Crippen LogP contribution in [0.2, 0.25) is 0 Å². The van der Waals surface area contributed by atoms with Gasteiger partial charge in [0.1, 0.15) is 0 Å². The molecule has 2 heterocycles. The lowest BCUT2D eigenvalue weighted by molar-refractivity contribution is -0.136. The molecule has 0 saturated carbocycles. The van der Waals surface area contributed by atoms with Crippen molar-refractivity contribution in [3.05, 3.63) is 0 Å². The van der Waals surface area contributed by atoms with Crippen LogP contribution < -0.4 is 5.32 Å². The van der Waals surface area contributed by atoms with Gasteiger partial charge in [-0.2, -0.15) is 0 Å². The molecule has 1 N–H and O–H groups in total. The van der Waals surface area contributed by atoms with E-state index in [1.807, 2.05) is 11.8 Å². The summed E-state index contributed by atoms with van der Waals surface area (Å²) < 4.78 is 0. The fourth-order valence-corrected chi connectivity index (χ4v) is 2.46. The molecule has 2 aliphatic rings. The molecule has 2 aliphatic heterocycles. The fraction of sp³-hybridized carbons (Fsp3) is 0.800. The first-order valence-corrected chi connectivity index (χ1v) is 5.31. The third kappa shape index (κ3) is 1.38. The number of rotatable bonds is 1. The average Bonchev–Trinajstić information content (AvgIpc) is 2.59. The van der Waals surface area contributed by atoms with E-state index < -0.39 is 0 Å². The van der Waals surface area contributed by atoms with Crippen LogP contribution in [0.25, 0.3) is 0 Å². The molecule has 2 atom stereocenters. The number of nitrogens with one attached hydrogen (secondary N) is 1. The second-order valence-electron chi connectivity index (χ2n) is 4.00. The number of nitrogens with zero attached hydrogens (tertiary/aromatic N) is 1. The molecular formula is C10H16N2O2. The predicted molar refractivity (Wildman–Crippen MR) is 51.5 cm³/mol. The highest BCUT2D eigenvalue weighted by Crippen LogP contribution is 2.27. The van der Waals surface area contributed by atoms with Gasteiger partial charge in [-0.3, -0.25) is 9.59 Å². The highest BCUT2D eigenvalue weighted by Gasteiger charge is 2.41. The molecule has 0 aromatic rings. The number of hydrogen-bond donors (Lipinski definition) is 1. The van der Waals surface area contributed by atoms with Gasteiger partial charge in [0.15, 0.2) is 0 Å². The van der Waals surface area contributed by atoms with Crippen LogP contribution in [0.3, 0.4) is 0 Å². The van der Waals surface area contributed by atoms with Gasteiger partial charge in [0.2, 0.25) is 11.8 Å². The van der Waals surface area contributed by atoms with Crippen molar-refractivity contribution >= 4 is 11.8 Å². The van der Waals surface area contributed by atoms with Crippen LogP contribution in [0.1, 0.15) is 26.2 Å². The summed E-state index contributed by atoms with van der Waals surface area (Å²) in [7, 11) is 0. The quantitative estimate of drug-likeness (QED) is 0.648. The number of hydrogen-bond acceptors (Lipinski definition) is 2. The molecule has 2 fully saturated rings. The van der Waals surface area contributed by atoms with Gasteiger partial charge in [-0.05, 0) is 12.8 Å². The van der Waals surface area contributed by atoms with Crippen molar-refractivity contribution in [1.29, 1.82) is 0 Å². The van der Waals surface area contributed by atoms with E-state index in [-0.39, 0.29) is 23.8 Å². The number of carbonyl (C=O) groups is 2. The van der Waals surface area contributed by atoms with Gasteiger partial charge in [-0.1, -0.05) is 6.92 Å². The Hall–Kier alpha value is -1.06. The van der Waals surface area contributed by atoms with Gasteiger partial charge >= 0.3 is 0 Å². The van der Waals surface area contributed by atoms with Crippen LogP contribution in [-0.4, -0.2) is 35.8 Å². The molecule has 4 heteroatoms. The molecule has 14 heavy (non-hydrogen) atoms. The monoisotopic (exact) mass is 196 g/mol. The van der Waals surface area contributed by atoms with Crippen molar-refractivity contribution in [3.8, 4) is 0 Å². The first-order chi connectivity index (χ1) is 6.74. The Morgan fingerprint density at radius 3 is 3.14 bits per heavy atom. The molecule has 0 bridgehead atoms. The Labute approximate surface area is 83.6 Å². The SMILES string of the molecule is CCC(=O)N1CCCC2C(=O)NCC21. The van der Waals surface area contributed by atoms with Crippen LogP contribution in [0, 0.1) is 5.92 Å². The van der Waals surface area contributed by atoms with Gasteiger partial charge in [-0.15, -0.1) is 0 Å².